The van der Waals surface area contributed by atoms with Crippen molar-refractivity contribution in [3.63, 3.8) is 0 Å². The highest BCUT2D eigenvalue weighted by Crippen LogP contribution is 2.46. The Hall–Kier alpha value is -12.2. The molecule has 0 N–H and O–H groups in total. The molecule has 0 unspecified atom stereocenters. The minimum absolute atomic E-state index is 0.299. The van der Waals surface area contributed by atoms with Crippen molar-refractivity contribution in [3.05, 3.63) is 340 Å². The molecule has 4 heteroatoms. The lowest BCUT2D eigenvalue weighted by atomic mass is 9.34. The first kappa shape index (κ1) is 52.5. The molecule has 3 nitrogen and oxygen atoms in total. The Bertz CT molecular complexity index is 6010. The van der Waals surface area contributed by atoms with Gasteiger partial charge in [0, 0.05) is 54.7 Å². The van der Waals surface area contributed by atoms with Gasteiger partial charge in [-0.25, -0.2) is 0 Å². The van der Waals surface area contributed by atoms with Crippen molar-refractivity contribution in [2.24, 2.45) is 0 Å². The molecular weight excluding hydrogens is 1130 g/mol. The van der Waals surface area contributed by atoms with Gasteiger partial charge >= 0.3 is 0 Å². The maximum Gasteiger partial charge on any atom is 0.252 e. The summed E-state index contributed by atoms with van der Waals surface area (Å²) in [6.45, 7) is -0.299. The molecule has 434 valence electrons. The van der Waals surface area contributed by atoms with Gasteiger partial charge in [0.25, 0.3) is 6.71 Å². The van der Waals surface area contributed by atoms with E-state index in [1.807, 2.05) is 0 Å². The van der Waals surface area contributed by atoms with E-state index < -0.39 is 0 Å². The first-order valence-electron chi connectivity index (χ1n) is 32.7. The predicted octanol–water partition coefficient (Wildman–Crippen LogP) is 21.7. The van der Waals surface area contributed by atoms with E-state index in [0.29, 0.717) is 0 Å². The molecule has 3 aromatic heterocycles. The van der Waals surface area contributed by atoms with Gasteiger partial charge in [0.1, 0.15) is 0 Å². The molecule has 18 aromatic rings. The molecule has 2 aliphatic heterocycles. The van der Waals surface area contributed by atoms with E-state index in [1.54, 1.807) is 0 Å². The second-order valence-electron chi connectivity index (χ2n) is 25.3. The summed E-state index contributed by atoms with van der Waals surface area (Å²) >= 11 is 0. The molecule has 0 saturated carbocycles. The van der Waals surface area contributed by atoms with Gasteiger partial charge < -0.3 is 13.7 Å². The van der Waals surface area contributed by atoms with Crippen LogP contribution >= 0.6 is 0 Å². The second kappa shape index (κ2) is 20.6. The third-order valence-electron chi connectivity index (χ3n) is 20.4. The molecule has 15 aromatic carbocycles. The Kier molecular flexibility index (Phi) is 11.5. The highest BCUT2D eigenvalue weighted by molar-refractivity contribution is 7.00. The van der Waals surface area contributed by atoms with Crippen LogP contribution in [0.5, 0.6) is 0 Å². The zero-order valence-corrected chi connectivity index (χ0v) is 51.3. The van der Waals surface area contributed by atoms with Crippen LogP contribution in [0.15, 0.2) is 340 Å². The lowest BCUT2D eigenvalue weighted by Crippen LogP contribution is -2.60. The molecule has 0 aliphatic carbocycles. The SMILES string of the molecule is c1ccc(-c2cc3c4c(c2)c2cccc(-c5ccccc5)c2c2ccccc2c2ccccc2n4-c2cc(-n4c5ccccc5c5ccccc54)cc4c2B3c2cc(-c3ccccc3)cc3c5cccc(-c6ccccc6)c5c5ccccc5c5ccccc5n-4c23)cc1. The largest absolute Gasteiger partial charge is 0.310 e. The molecule has 2 aliphatic rings. The number of hydrogen-bond acceptors (Lipinski definition) is 0. The van der Waals surface area contributed by atoms with Crippen molar-refractivity contribution in [2.75, 3.05) is 0 Å². The zero-order chi connectivity index (χ0) is 61.5. The van der Waals surface area contributed by atoms with Crippen LogP contribution < -0.4 is 16.4 Å². The third kappa shape index (κ3) is 7.68. The van der Waals surface area contributed by atoms with Crippen LogP contribution in [0, 0.1) is 0 Å². The summed E-state index contributed by atoms with van der Waals surface area (Å²) in [5, 5.41) is 16.6. The number of nitrogens with zero attached hydrogens (tertiary/aromatic N) is 3. The average Bonchev–Trinajstić information content (AvgIpc) is 1.02. The molecule has 0 bridgehead atoms. The Morgan fingerprint density at radius 3 is 0.894 bits per heavy atom. The Morgan fingerprint density at radius 2 is 0.500 bits per heavy atom. The van der Waals surface area contributed by atoms with Crippen molar-refractivity contribution in [1.29, 1.82) is 0 Å². The molecule has 0 fully saturated rings. The van der Waals surface area contributed by atoms with E-state index in [2.05, 4.69) is 353 Å². The maximum atomic E-state index is 2.70. The Balaban J connectivity index is 1.11. The first-order chi connectivity index (χ1) is 46.7. The molecular formula is C90H56BN3. The summed E-state index contributed by atoms with van der Waals surface area (Å²) in [6, 6.07) is 128. The van der Waals surface area contributed by atoms with Crippen molar-refractivity contribution >= 4 is 132 Å². The van der Waals surface area contributed by atoms with Crippen LogP contribution in [0.25, 0.3) is 170 Å². The van der Waals surface area contributed by atoms with E-state index in [-0.39, 0.29) is 6.71 Å². The Labute approximate surface area is 543 Å². The topological polar surface area (TPSA) is 14.8 Å². The summed E-state index contributed by atoms with van der Waals surface area (Å²) < 4.78 is 7.95. The standard InChI is InChI=1S/C90H56BN3/c1-5-27-57(28-6-1)61-51-76-74-45-25-43-64(59-31-9-3-10-32-59)86(74)72-41-15-13-35-66(72)68-37-17-23-49-82(68)93-84-55-63(92-80-47-21-19-39-70(80)71-40-20-22-48-81(71)92)56-85-88(84)91(78(53-61)89(76)93)79-54-62(58-29-7-2-8-30-58)52-77-75-46-26-44-65(60-33-11-4-12-34-60)87(75)73-42-16-14-36-67(73)69-38-18-24-50-83(69)94(85)90(77)79/h1-56H. The van der Waals surface area contributed by atoms with Gasteiger partial charge in [-0.2, -0.15) is 0 Å². The molecule has 0 radical (unpaired) electrons. The van der Waals surface area contributed by atoms with Gasteiger partial charge in [-0.3, -0.25) is 0 Å². The molecule has 5 heterocycles. The first-order valence-corrected chi connectivity index (χ1v) is 32.7. The summed E-state index contributed by atoms with van der Waals surface area (Å²) in [4.78, 5) is 0. The quantitative estimate of drug-likeness (QED) is 0.153. The van der Waals surface area contributed by atoms with Gasteiger partial charge in [0.2, 0.25) is 0 Å². The second-order valence-corrected chi connectivity index (χ2v) is 25.3. The van der Waals surface area contributed by atoms with E-state index in [0.717, 1.165) is 61.0 Å². The van der Waals surface area contributed by atoms with E-state index in [4.69, 9.17) is 0 Å². The van der Waals surface area contributed by atoms with Crippen LogP contribution in [-0.2, 0) is 0 Å². The predicted molar refractivity (Wildman–Crippen MR) is 401 cm³/mol. The van der Waals surface area contributed by atoms with Gasteiger partial charge in [-0.15, -0.1) is 0 Å². The number of aromatic nitrogens is 3. The smallest absolute Gasteiger partial charge is 0.252 e. The van der Waals surface area contributed by atoms with Gasteiger partial charge in [-0.1, -0.05) is 291 Å². The molecule has 20 rings (SSSR count). The van der Waals surface area contributed by atoms with Crippen molar-refractivity contribution < 1.29 is 0 Å². The lowest BCUT2D eigenvalue weighted by molar-refractivity contribution is 1.10. The van der Waals surface area contributed by atoms with Crippen molar-refractivity contribution in [2.45, 2.75) is 0 Å². The Morgan fingerprint density at radius 1 is 0.202 bits per heavy atom. The van der Waals surface area contributed by atoms with Crippen LogP contribution in [-0.4, -0.2) is 20.4 Å². The van der Waals surface area contributed by atoms with Crippen LogP contribution in [0.3, 0.4) is 0 Å². The molecule has 94 heavy (non-hydrogen) atoms. The molecule has 0 amide bonds. The fraction of sp³-hybridized carbons (Fsp3) is 0. The molecule has 0 spiro atoms. The number of hydrogen-bond donors (Lipinski definition) is 0. The molecule has 0 saturated heterocycles. The number of fused-ring (bicyclic) bond motifs is 21. The normalized spacial score (nSPS) is 12.2. The molecule has 0 atom stereocenters. The van der Waals surface area contributed by atoms with E-state index in [1.165, 1.54) is 125 Å². The third-order valence-corrected chi connectivity index (χ3v) is 20.4. The maximum absolute atomic E-state index is 2.70. The highest BCUT2D eigenvalue weighted by Gasteiger charge is 2.41. The van der Waals surface area contributed by atoms with E-state index >= 15 is 0 Å². The fourth-order valence-electron chi connectivity index (χ4n) is 16.6. The minimum atomic E-state index is -0.299. The van der Waals surface area contributed by atoms with Gasteiger partial charge in [0.15, 0.2) is 0 Å². The lowest BCUT2D eigenvalue weighted by Gasteiger charge is -2.37. The highest BCUT2D eigenvalue weighted by atomic mass is 15.1. The summed E-state index contributed by atoms with van der Waals surface area (Å²) in [5.41, 5.74) is 23.4. The summed E-state index contributed by atoms with van der Waals surface area (Å²) in [6.07, 6.45) is 0. The number of benzene rings is 15. The summed E-state index contributed by atoms with van der Waals surface area (Å²) in [7, 11) is 0. The minimum Gasteiger partial charge on any atom is -0.310 e. The number of para-hydroxylation sites is 4. The fourth-order valence-corrected chi connectivity index (χ4v) is 16.6. The van der Waals surface area contributed by atoms with Crippen LogP contribution in [0.2, 0.25) is 0 Å². The van der Waals surface area contributed by atoms with Gasteiger partial charge in [0.05, 0.1) is 27.8 Å². The van der Waals surface area contributed by atoms with Crippen molar-refractivity contribution in [3.8, 4) is 61.6 Å². The van der Waals surface area contributed by atoms with E-state index in [9.17, 15) is 0 Å². The van der Waals surface area contributed by atoms with Crippen LogP contribution in [0.4, 0.5) is 0 Å². The van der Waals surface area contributed by atoms with Crippen LogP contribution in [0.1, 0.15) is 0 Å². The van der Waals surface area contributed by atoms with Crippen molar-refractivity contribution in [1.82, 2.24) is 13.7 Å². The zero-order valence-electron chi connectivity index (χ0n) is 51.3. The van der Waals surface area contributed by atoms with Gasteiger partial charge in [-0.05, 0) is 153 Å². The number of rotatable bonds is 5. The monoisotopic (exact) mass is 1190 g/mol. The summed E-state index contributed by atoms with van der Waals surface area (Å²) in [5.74, 6) is 0. The average molecular weight is 1190 g/mol.